The third-order valence-electron chi connectivity index (χ3n) is 2.99. The molecule has 0 fully saturated rings. The second-order valence-corrected chi connectivity index (χ2v) is 5.36. The maximum atomic E-state index is 11.2. The van der Waals surface area contributed by atoms with Crippen molar-refractivity contribution in [3.63, 3.8) is 0 Å². The van der Waals surface area contributed by atoms with E-state index in [0.29, 0.717) is 21.5 Å². The van der Waals surface area contributed by atoms with E-state index < -0.39 is 5.97 Å². The van der Waals surface area contributed by atoms with Crippen LogP contribution in [0, 0.1) is 0 Å². The van der Waals surface area contributed by atoms with E-state index in [9.17, 15) is 4.79 Å². The monoisotopic (exact) mass is 370 g/mol. The molecule has 1 N–H and O–H groups in total. The summed E-state index contributed by atoms with van der Waals surface area (Å²) in [7, 11) is 3.10. The van der Waals surface area contributed by atoms with Gasteiger partial charge in [0.25, 0.3) is 0 Å². The Morgan fingerprint density at radius 2 is 1.90 bits per heavy atom. The van der Waals surface area contributed by atoms with E-state index in [1.165, 1.54) is 13.2 Å². The van der Waals surface area contributed by atoms with Crippen molar-refractivity contribution in [2.45, 2.75) is 0 Å². The second kappa shape index (κ2) is 6.37. The van der Waals surface area contributed by atoms with E-state index in [1.807, 2.05) is 0 Å². The van der Waals surface area contributed by atoms with Gasteiger partial charge in [0.1, 0.15) is 16.0 Å². The van der Waals surface area contributed by atoms with Crippen LogP contribution in [0.3, 0.4) is 0 Å². The van der Waals surface area contributed by atoms with Crippen LogP contribution in [0.4, 0.5) is 0 Å². The van der Waals surface area contributed by atoms with Crippen LogP contribution >= 0.6 is 27.5 Å². The van der Waals surface area contributed by atoms with Gasteiger partial charge in [-0.2, -0.15) is 0 Å². The molecule has 0 heterocycles. The lowest BCUT2D eigenvalue weighted by molar-refractivity contribution is 0.0697. The van der Waals surface area contributed by atoms with Crippen molar-refractivity contribution in [3.05, 3.63) is 45.4 Å². The van der Waals surface area contributed by atoms with E-state index in [1.54, 1.807) is 31.4 Å². The van der Waals surface area contributed by atoms with Crippen molar-refractivity contribution in [2.24, 2.45) is 0 Å². The Balaban J connectivity index is 2.64. The first-order valence-electron chi connectivity index (χ1n) is 5.93. The predicted octanol–water partition coefficient (Wildman–Crippen LogP) is 4.48. The summed E-state index contributed by atoms with van der Waals surface area (Å²) < 4.78 is 11.3. The van der Waals surface area contributed by atoms with Gasteiger partial charge in [-0.1, -0.05) is 17.7 Å². The topological polar surface area (TPSA) is 55.8 Å². The molecule has 2 rings (SSSR count). The molecule has 0 aliphatic carbocycles. The van der Waals surface area contributed by atoms with Crippen LogP contribution in [0.5, 0.6) is 11.5 Å². The van der Waals surface area contributed by atoms with E-state index in [2.05, 4.69) is 15.9 Å². The Kier molecular flexibility index (Phi) is 4.75. The molecule has 0 aliphatic heterocycles. The molecule has 0 bridgehead atoms. The Bertz CT molecular complexity index is 700. The molecule has 21 heavy (non-hydrogen) atoms. The van der Waals surface area contributed by atoms with E-state index >= 15 is 0 Å². The highest BCUT2D eigenvalue weighted by atomic mass is 79.9. The largest absolute Gasteiger partial charge is 0.495 e. The van der Waals surface area contributed by atoms with Crippen molar-refractivity contribution < 1.29 is 19.4 Å². The van der Waals surface area contributed by atoms with Gasteiger partial charge in [0.2, 0.25) is 0 Å². The molecule has 0 saturated heterocycles. The summed E-state index contributed by atoms with van der Waals surface area (Å²) in [5, 5.41) is 9.35. The summed E-state index contributed by atoms with van der Waals surface area (Å²) in [4.78, 5) is 11.2. The maximum Gasteiger partial charge on any atom is 0.337 e. The second-order valence-electron chi connectivity index (χ2n) is 4.16. The maximum absolute atomic E-state index is 11.2. The fraction of sp³-hybridized carbons (Fsp3) is 0.133. The average molecular weight is 372 g/mol. The van der Waals surface area contributed by atoms with Crippen LogP contribution in [-0.2, 0) is 0 Å². The number of hydrogen-bond donors (Lipinski definition) is 1. The molecule has 0 aliphatic rings. The third kappa shape index (κ3) is 2.99. The van der Waals surface area contributed by atoms with E-state index in [0.717, 1.165) is 5.56 Å². The summed E-state index contributed by atoms with van der Waals surface area (Å²) in [6, 6.07) is 8.39. The number of methoxy groups -OCH3 is 2. The number of ether oxygens (including phenoxy) is 2. The highest BCUT2D eigenvalue weighted by Crippen LogP contribution is 2.42. The normalized spacial score (nSPS) is 10.3. The quantitative estimate of drug-likeness (QED) is 0.860. The van der Waals surface area contributed by atoms with Crippen molar-refractivity contribution >= 4 is 33.5 Å². The molecule has 0 saturated carbocycles. The molecule has 0 amide bonds. The van der Waals surface area contributed by atoms with E-state index in [-0.39, 0.29) is 10.6 Å². The summed E-state index contributed by atoms with van der Waals surface area (Å²) in [5.41, 5.74) is 1.48. The van der Waals surface area contributed by atoms with Crippen molar-refractivity contribution in [1.29, 1.82) is 0 Å². The minimum Gasteiger partial charge on any atom is -0.495 e. The highest BCUT2D eigenvalue weighted by Gasteiger charge is 2.16. The standard InChI is InChI=1S/C15H12BrClO4/c1-20-12-6-4-9(14(21-2)13(12)16)8-3-5-11(17)10(7-8)15(18)19/h3-7H,1-2H3,(H,18,19). The van der Waals surface area contributed by atoms with Gasteiger partial charge < -0.3 is 14.6 Å². The molecule has 2 aromatic carbocycles. The van der Waals surface area contributed by atoms with Gasteiger partial charge in [-0.25, -0.2) is 4.79 Å². The fourth-order valence-electron chi connectivity index (χ4n) is 1.98. The number of carbonyl (C=O) groups is 1. The molecule has 6 heteroatoms. The first kappa shape index (κ1) is 15.7. The van der Waals surface area contributed by atoms with Crippen molar-refractivity contribution in [2.75, 3.05) is 14.2 Å². The van der Waals surface area contributed by atoms with Gasteiger partial charge in [-0.05, 0) is 45.8 Å². The molecule has 4 nitrogen and oxygen atoms in total. The molecule has 0 unspecified atom stereocenters. The zero-order valence-corrected chi connectivity index (χ0v) is 13.7. The first-order chi connectivity index (χ1) is 9.99. The number of halogens is 2. The van der Waals surface area contributed by atoms with Gasteiger partial charge in [0.05, 0.1) is 24.8 Å². The molecule has 0 radical (unpaired) electrons. The molecular weight excluding hydrogens is 360 g/mol. The number of carboxylic acids is 1. The minimum atomic E-state index is -1.08. The van der Waals surface area contributed by atoms with Gasteiger partial charge in [-0.15, -0.1) is 0 Å². The van der Waals surface area contributed by atoms with Crippen LogP contribution < -0.4 is 9.47 Å². The van der Waals surface area contributed by atoms with Crippen LogP contribution in [0.2, 0.25) is 5.02 Å². The number of carboxylic acid groups (broad SMARTS) is 1. The van der Waals surface area contributed by atoms with Crippen molar-refractivity contribution in [1.82, 2.24) is 0 Å². The predicted molar refractivity (Wildman–Crippen MR) is 84.7 cm³/mol. The summed E-state index contributed by atoms with van der Waals surface area (Å²) in [6.45, 7) is 0. The molecule has 0 atom stereocenters. The van der Waals surface area contributed by atoms with Crippen LogP contribution in [-0.4, -0.2) is 25.3 Å². The molecular formula is C15H12BrClO4. The lowest BCUT2D eigenvalue weighted by atomic mass is 10.0. The zero-order chi connectivity index (χ0) is 15.6. The SMILES string of the molecule is COc1ccc(-c2ccc(Cl)c(C(=O)O)c2)c(OC)c1Br. The first-order valence-corrected chi connectivity index (χ1v) is 7.10. The Morgan fingerprint density at radius 3 is 2.48 bits per heavy atom. The number of benzene rings is 2. The Morgan fingerprint density at radius 1 is 1.19 bits per heavy atom. The van der Waals surface area contributed by atoms with Crippen LogP contribution in [0.1, 0.15) is 10.4 Å². The third-order valence-corrected chi connectivity index (χ3v) is 4.07. The zero-order valence-electron chi connectivity index (χ0n) is 11.3. The van der Waals surface area contributed by atoms with Gasteiger partial charge in [-0.3, -0.25) is 0 Å². The Hall–Kier alpha value is -1.72. The lowest BCUT2D eigenvalue weighted by Crippen LogP contribution is -1.98. The number of rotatable bonds is 4. The summed E-state index contributed by atoms with van der Waals surface area (Å²) >= 11 is 9.31. The van der Waals surface area contributed by atoms with Gasteiger partial charge in [0.15, 0.2) is 0 Å². The number of hydrogen-bond acceptors (Lipinski definition) is 3. The Labute approximate surface area is 135 Å². The molecule has 2 aromatic rings. The smallest absolute Gasteiger partial charge is 0.337 e. The molecule has 0 aromatic heterocycles. The van der Waals surface area contributed by atoms with Crippen LogP contribution in [0.25, 0.3) is 11.1 Å². The molecule has 110 valence electrons. The fourth-order valence-corrected chi connectivity index (χ4v) is 2.85. The van der Waals surface area contributed by atoms with Gasteiger partial charge >= 0.3 is 5.97 Å². The lowest BCUT2D eigenvalue weighted by Gasteiger charge is -2.14. The number of aromatic carboxylic acids is 1. The summed E-state index contributed by atoms with van der Waals surface area (Å²) in [6.07, 6.45) is 0. The average Bonchev–Trinajstić information content (AvgIpc) is 2.47. The van der Waals surface area contributed by atoms with Gasteiger partial charge in [0, 0.05) is 5.56 Å². The van der Waals surface area contributed by atoms with Crippen LogP contribution in [0.15, 0.2) is 34.8 Å². The minimum absolute atomic E-state index is 0.0446. The van der Waals surface area contributed by atoms with E-state index in [4.69, 9.17) is 26.2 Å². The molecule has 0 spiro atoms. The highest BCUT2D eigenvalue weighted by molar-refractivity contribution is 9.10. The van der Waals surface area contributed by atoms with Crippen molar-refractivity contribution in [3.8, 4) is 22.6 Å². The summed E-state index contributed by atoms with van der Waals surface area (Å²) in [5.74, 6) is 0.115.